The Labute approximate surface area is 140 Å². The van der Waals surface area contributed by atoms with Crippen LogP contribution in [0.25, 0.3) is 17.0 Å². The number of para-hydroxylation sites is 1. The largest absolute Gasteiger partial charge is 0.344 e. The van der Waals surface area contributed by atoms with E-state index in [1.807, 2.05) is 12.1 Å². The van der Waals surface area contributed by atoms with Gasteiger partial charge in [-0.25, -0.2) is 0 Å². The number of thioether (sulfide) groups is 1. The van der Waals surface area contributed by atoms with E-state index in [0.29, 0.717) is 6.04 Å². The lowest BCUT2D eigenvalue weighted by Crippen LogP contribution is -2.23. The van der Waals surface area contributed by atoms with Crippen molar-refractivity contribution in [3.05, 3.63) is 40.9 Å². The van der Waals surface area contributed by atoms with Gasteiger partial charge in [0.05, 0.1) is 4.91 Å². The number of carbonyl (C=O) groups excluding carboxylic acids is 1. The number of hydrogen-bond acceptors (Lipinski definition) is 3. The Bertz CT molecular complexity index is 819. The molecule has 23 heavy (non-hydrogen) atoms. The molecule has 1 aromatic heterocycles. The predicted molar refractivity (Wildman–Crippen MR) is 98.6 cm³/mol. The van der Waals surface area contributed by atoms with Crippen molar-refractivity contribution >= 4 is 39.8 Å². The van der Waals surface area contributed by atoms with Gasteiger partial charge in [-0.15, -0.1) is 0 Å². The highest BCUT2D eigenvalue weighted by atomic mass is 32.2. The van der Waals surface area contributed by atoms with E-state index in [9.17, 15) is 4.79 Å². The van der Waals surface area contributed by atoms with Gasteiger partial charge in [0.15, 0.2) is 5.17 Å². The third-order valence-corrected chi connectivity index (χ3v) is 5.47. The zero-order valence-electron chi connectivity index (χ0n) is 13.9. The Balaban J connectivity index is 2.11. The van der Waals surface area contributed by atoms with Crippen molar-refractivity contribution in [2.75, 3.05) is 14.1 Å². The Morgan fingerprint density at radius 2 is 2.09 bits per heavy atom. The molecule has 0 radical (unpaired) electrons. The molecule has 5 heteroatoms. The van der Waals surface area contributed by atoms with Crippen LogP contribution in [0.4, 0.5) is 0 Å². The van der Waals surface area contributed by atoms with Crippen molar-refractivity contribution in [2.45, 2.75) is 26.3 Å². The van der Waals surface area contributed by atoms with Gasteiger partial charge in [-0.05, 0) is 37.2 Å². The van der Waals surface area contributed by atoms with E-state index in [2.05, 4.69) is 47.8 Å². The molecule has 0 spiro atoms. The number of benzene rings is 1. The molecular weight excluding hydrogens is 306 g/mol. The molecule has 0 saturated carbocycles. The summed E-state index contributed by atoms with van der Waals surface area (Å²) in [5.41, 5.74) is 2.30. The second kappa shape index (κ2) is 6.24. The van der Waals surface area contributed by atoms with Crippen LogP contribution in [-0.4, -0.2) is 34.6 Å². The SMILES string of the molecule is CC[C@H](C)n1cc(/C=C2/SC(=NC)N(C)C2=O)c2ccccc21. The molecular formula is C18H21N3OS. The molecule has 4 nitrogen and oxygen atoms in total. The highest BCUT2D eigenvalue weighted by Gasteiger charge is 2.30. The summed E-state index contributed by atoms with van der Waals surface area (Å²) < 4.78 is 2.30. The minimum absolute atomic E-state index is 0.0102. The number of aromatic nitrogens is 1. The predicted octanol–water partition coefficient (Wildman–Crippen LogP) is 4.14. The highest BCUT2D eigenvalue weighted by Crippen LogP contribution is 2.34. The van der Waals surface area contributed by atoms with E-state index in [1.165, 1.54) is 22.7 Å². The summed E-state index contributed by atoms with van der Waals surface area (Å²) in [6.07, 6.45) is 5.21. The van der Waals surface area contributed by atoms with Crippen LogP contribution in [0.5, 0.6) is 0 Å². The second-order valence-electron chi connectivity index (χ2n) is 5.75. The second-order valence-corrected chi connectivity index (χ2v) is 6.76. The van der Waals surface area contributed by atoms with E-state index in [-0.39, 0.29) is 5.91 Å². The lowest BCUT2D eigenvalue weighted by atomic mass is 10.1. The quantitative estimate of drug-likeness (QED) is 0.794. The smallest absolute Gasteiger partial charge is 0.266 e. The van der Waals surface area contributed by atoms with E-state index in [4.69, 9.17) is 0 Å². The molecule has 0 aliphatic carbocycles. The lowest BCUT2D eigenvalue weighted by molar-refractivity contribution is -0.121. The molecule has 120 valence electrons. The van der Waals surface area contributed by atoms with Gasteiger partial charge in [-0.3, -0.25) is 14.7 Å². The average molecular weight is 327 g/mol. The van der Waals surface area contributed by atoms with Crippen molar-refractivity contribution in [3.8, 4) is 0 Å². The van der Waals surface area contributed by atoms with E-state index in [0.717, 1.165) is 22.1 Å². The molecule has 1 aliphatic rings. The van der Waals surface area contributed by atoms with Crippen molar-refractivity contribution in [2.24, 2.45) is 4.99 Å². The fourth-order valence-electron chi connectivity index (χ4n) is 2.80. The maximum Gasteiger partial charge on any atom is 0.266 e. The summed E-state index contributed by atoms with van der Waals surface area (Å²) in [6, 6.07) is 8.78. The monoisotopic (exact) mass is 327 g/mol. The van der Waals surface area contributed by atoms with Gasteiger partial charge in [0, 0.05) is 42.8 Å². The van der Waals surface area contributed by atoms with Crippen molar-refractivity contribution in [1.82, 2.24) is 9.47 Å². The Hall–Kier alpha value is -2.01. The topological polar surface area (TPSA) is 37.6 Å². The number of amidine groups is 1. The van der Waals surface area contributed by atoms with E-state index >= 15 is 0 Å². The van der Waals surface area contributed by atoms with Crippen LogP contribution in [0.1, 0.15) is 31.9 Å². The Morgan fingerprint density at radius 1 is 1.35 bits per heavy atom. The molecule has 0 bridgehead atoms. The molecule has 1 fully saturated rings. The third-order valence-electron chi connectivity index (χ3n) is 4.32. The standard InChI is InChI=1S/C18H21N3OS/c1-5-12(2)21-11-13(14-8-6-7-9-15(14)21)10-16-17(22)20(4)18(19-3)23-16/h6-12H,5H2,1-4H3/b16-10+,19-18?/t12-/m0/s1. The maximum atomic E-state index is 12.4. The number of rotatable bonds is 3. The first-order valence-corrected chi connectivity index (χ1v) is 8.62. The van der Waals surface area contributed by atoms with Crippen LogP contribution < -0.4 is 0 Å². The van der Waals surface area contributed by atoms with Gasteiger partial charge in [0.25, 0.3) is 5.91 Å². The van der Waals surface area contributed by atoms with E-state index in [1.54, 1.807) is 19.0 Å². The van der Waals surface area contributed by atoms with Gasteiger partial charge in [-0.1, -0.05) is 25.1 Å². The lowest BCUT2D eigenvalue weighted by Gasteiger charge is -2.12. The summed E-state index contributed by atoms with van der Waals surface area (Å²) in [5, 5.41) is 1.92. The fraction of sp³-hybridized carbons (Fsp3) is 0.333. The Kier molecular flexibility index (Phi) is 4.31. The van der Waals surface area contributed by atoms with Gasteiger partial charge in [0.2, 0.25) is 0 Å². The first-order chi connectivity index (χ1) is 11.1. The summed E-state index contributed by atoms with van der Waals surface area (Å²) in [5.74, 6) is 0.0102. The number of amides is 1. The number of fused-ring (bicyclic) bond motifs is 1. The summed E-state index contributed by atoms with van der Waals surface area (Å²) >= 11 is 1.43. The highest BCUT2D eigenvalue weighted by molar-refractivity contribution is 8.18. The van der Waals surface area contributed by atoms with Gasteiger partial charge in [-0.2, -0.15) is 0 Å². The van der Waals surface area contributed by atoms with Crippen molar-refractivity contribution < 1.29 is 4.79 Å². The maximum absolute atomic E-state index is 12.4. The van der Waals surface area contributed by atoms with Gasteiger partial charge in [0.1, 0.15) is 0 Å². The molecule has 1 aromatic carbocycles. The number of hydrogen-bond donors (Lipinski definition) is 0. The number of aliphatic imine (C=N–C) groups is 1. The molecule has 0 N–H and O–H groups in total. The van der Waals surface area contributed by atoms with Gasteiger partial charge < -0.3 is 4.57 Å². The number of likely N-dealkylation sites (N-methyl/N-ethyl adjacent to an activating group) is 1. The van der Waals surface area contributed by atoms with Crippen LogP contribution in [0.3, 0.4) is 0 Å². The summed E-state index contributed by atoms with van der Waals surface area (Å²) in [6.45, 7) is 4.40. The first-order valence-electron chi connectivity index (χ1n) is 7.80. The van der Waals surface area contributed by atoms with Crippen LogP contribution in [0.2, 0.25) is 0 Å². The molecule has 2 heterocycles. The fourth-order valence-corrected chi connectivity index (χ4v) is 3.72. The van der Waals surface area contributed by atoms with Crippen molar-refractivity contribution in [3.63, 3.8) is 0 Å². The van der Waals surface area contributed by atoms with E-state index < -0.39 is 0 Å². The van der Waals surface area contributed by atoms with Crippen LogP contribution >= 0.6 is 11.8 Å². The normalized spacial score (nSPS) is 20.2. The Morgan fingerprint density at radius 3 is 2.74 bits per heavy atom. The molecule has 3 rings (SSSR count). The summed E-state index contributed by atoms with van der Waals surface area (Å²) in [7, 11) is 3.48. The van der Waals surface area contributed by atoms with Gasteiger partial charge >= 0.3 is 0 Å². The molecule has 2 aromatic rings. The zero-order chi connectivity index (χ0) is 16.6. The van der Waals surface area contributed by atoms with Crippen LogP contribution in [0.15, 0.2) is 40.4 Å². The number of carbonyl (C=O) groups is 1. The van der Waals surface area contributed by atoms with Crippen LogP contribution in [-0.2, 0) is 4.79 Å². The molecule has 0 unspecified atom stereocenters. The summed E-state index contributed by atoms with van der Waals surface area (Å²) in [4.78, 5) is 18.8. The zero-order valence-corrected chi connectivity index (χ0v) is 14.7. The minimum atomic E-state index is 0.0102. The van der Waals surface area contributed by atoms with Crippen LogP contribution in [0, 0.1) is 0 Å². The molecule has 1 amide bonds. The minimum Gasteiger partial charge on any atom is -0.344 e. The number of nitrogens with zero attached hydrogens (tertiary/aromatic N) is 3. The average Bonchev–Trinajstić information content (AvgIpc) is 3.07. The third kappa shape index (κ3) is 2.70. The first kappa shape index (κ1) is 15.9. The van der Waals surface area contributed by atoms with Crippen molar-refractivity contribution in [1.29, 1.82) is 0 Å². The molecule has 1 aliphatic heterocycles. The molecule has 1 saturated heterocycles. The molecule has 1 atom stereocenters.